The Bertz CT molecular complexity index is 865. The summed E-state index contributed by atoms with van der Waals surface area (Å²) < 4.78 is 10.8. The zero-order chi connectivity index (χ0) is 19.7. The third-order valence-electron chi connectivity index (χ3n) is 5.08. The molecule has 1 atom stereocenters. The van der Waals surface area contributed by atoms with E-state index in [1.165, 1.54) is 11.3 Å². The molecule has 0 saturated carbocycles. The van der Waals surface area contributed by atoms with Crippen LogP contribution in [0.1, 0.15) is 36.8 Å². The summed E-state index contributed by atoms with van der Waals surface area (Å²) in [4.78, 5) is 30.6. The largest absolute Gasteiger partial charge is 0.454 e. The monoisotopic (exact) mass is 400 g/mol. The lowest BCUT2D eigenvalue weighted by molar-refractivity contribution is -0.157. The number of thiophene rings is 1. The Hall–Kier alpha value is -2.54. The van der Waals surface area contributed by atoms with Gasteiger partial charge in [-0.05, 0) is 41.5 Å². The van der Waals surface area contributed by atoms with Crippen LogP contribution in [0.25, 0.3) is 0 Å². The molecule has 1 fully saturated rings. The molecule has 1 saturated heterocycles. The van der Waals surface area contributed by atoms with Crippen molar-refractivity contribution in [3.05, 3.63) is 46.2 Å². The Balaban J connectivity index is 1.59. The highest BCUT2D eigenvalue weighted by atomic mass is 32.1. The second kappa shape index (κ2) is 7.83. The summed E-state index contributed by atoms with van der Waals surface area (Å²) >= 11 is 1.51. The molecule has 0 radical (unpaired) electrons. The highest BCUT2D eigenvalue weighted by molar-refractivity contribution is 7.10. The average molecular weight is 401 g/mol. The number of amides is 2. The molecule has 6 nitrogen and oxygen atoms in total. The molecule has 0 aliphatic carbocycles. The van der Waals surface area contributed by atoms with Crippen LogP contribution in [-0.2, 0) is 16.1 Å². The summed E-state index contributed by atoms with van der Waals surface area (Å²) in [7, 11) is 0. The third-order valence-corrected chi connectivity index (χ3v) is 6.01. The standard InChI is InChI=1S/C21H24N2O4S/c1-14(2)7-8-22-12-19(24)23(20(21(22)25)18-4-3-9-28-18)11-15-5-6-16-17(10-15)27-13-26-16/h3-6,9-10,14,20H,7-8,11-13H2,1-2H3/t20-/m1/s1. The van der Waals surface area contributed by atoms with Crippen LogP contribution in [-0.4, -0.2) is 41.5 Å². The number of piperazine rings is 1. The first-order chi connectivity index (χ1) is 13.5. The topological polar surface area (TPSA) is 59.1 Å². The van der Waals surface area contributed by atoms with Gasteiger partial charge in [-0.3, -0.25) is 9.59 Å². The number of rotatable bonds is 6. The van der Waals surface area contributed by atoms with E-state index >= 15 is 0 Å². The Labute approximate surface area is 168 Å². The first-order valence-electron chi connectivity index (χ1n) is 9.53. The van der Waals surface area contributed by atoms with E-state index in [9.17, 15) is 9.59 Å². The number of hydrogen-bond donors (Lipinski definition) is 0. The second-order valence-electron chi connectivity index (χ2n) is 7.57. The molecule has 0 N–H and O–H groups in total. The van der Waals surface area contributed by atoms with E-state index in [1.807, 2.05) is 35.7 Å². The number of benzene rings is 1. The first-order valence-corrected chi connectivity index (χ1v) is 10.4. The summed E-state index contributed by atoms with van der Waals surface area (Å²) in [5.74, 6) is 1.84. The van der Waals surface area contributed by atoms with Crippen molar-refractivity contribution in [2.75, 3.05) is 19.9 Å². The van der Waals surface area contributed by atoms with Crippen molar-refractivity contribution in [2.24, 2.45) is 5.92 Å². The van der Waals surface area contributed by atoms with E-state index < -0.39 is 6.04 Å². The van der Waals surface area contributed by atoms with Crippen LogP contribution in [0.15, 0.2) is 35.7 Å². The molecular weight excluding hydrogens is 376 g/mol. The van der Waals surface area contributed by atoms with Crippen molar-refractivity contribution in [2.45, 2.75) is 32.9 Å². The SMILES string of the molecule is CC(C)CCN1CC(=O)N(Cc2ccc3c(c2)OCO3)[C@H](c2cccs2)C1=O. The summed E-state index contributed by atoms with van der Waals surface area (Å²) in [5.41, 5.74) is 0.919. The number of carbonyl (C=O) groups is 2. The molecule has 2 aliphatic rings. The van der Waals surface area contributed by atoms with Gasteiger partial charge in [0.15, 0.2) is 11.5 Å². The molecule has 7 heteroatoms. The fourth-order valence-electron chi connectivity index (χ4n) is 3.52. The summed E-state index contributed by atoms with van der Waals surface area (Å²) in [6.45, 7) is 5.57. The van der Waals surface area contributed by atoms with E-state index in [2.05, 4.69) is 13.8 Å². The van der Waals surface area contributed by atoms with Gasteiger partial charge in [-0.25, -0.2) is 0 Å². The van der Waals surface area contributed by atoms with Crippen molar-refractivity contribution in [3.63, 3.8) is 0 Å². The highest BCUT2D eigenvalue weighted by Crippen LogP contribution is 2.35. The Kier molecular flexibility index (Phi) is 5.26. The van der Waals surface area contributed by atoms with Crippen LogP contribution in [0.4, 0.5) is 0 Å². The minimum absolute atomic E-state index is 0.00319. The van der Waals surface area contributed by atoms with Crippen LogP contribution < -0.4 is 9.47 Å². The molecule has 0 spiro atoms. The van der Waals surface area contributed by atoms with E-state index in [0.29, 0.717) is 30.5 Å². The molecule has 2 aliphatic heterocycles. The number of nitrogens with zero attached hydrogens (tertiary/aromatic N) is 2. The van der Waals surface area contributed by atoms with Gasteiger partial charge in [-0.1, -0.05) is 26.0 Å². The normalized spacial score (nSPS) is 19.0. The van der Waals surface area contributed by atoms with Gasteiger partial charge in [0.05, 0.1) is 6.54 Å². The fourth-order valence-corrected chi connectivity index (χ4v) is 4.35. The molecule has 2 amide bonds. The summed E-state index contributed by atoms with van der Waals surface area (Å²) in [6, 6.07) is 8.93. The zero-order valence-electron chi connectivity index (χ0n) is 16.1. The van der Waals surface area contributed by atoms with Crippen molar-refractivity contribution >= 4 is 23.2 Å². The van der Waals surface area contributed by atoms with Gasteiger partial charge >= 0.3 is 0 Å². The molecular formula is C21H24N2O4S. The maximum absolute atomic E-state index is 13.3. The molecule has 0 bridgehead atoms. The lowest BCUT2D eigenvalue weighted by Crippen LogP contribution is -2.55. The van der Waals surface area contributed by atoms with Gasteiger partial charge in [-0.2, -0.15) is 0 Å². The molecule has 3 heterocycles. The highest BCUT2D eigenvalue weighted by Gasteiger charge is 2.40. The summed E-state index contributed by atoms with van der Waals surface area (Å²) in [6.07, 6.45) is 0.887. The lowest BCUT2D eigenvalue weighted by atomic mass is 10.0. The van der Waals surface area contributed by atoms with Crippen LogP contribution in [0.2, 0.25) is 0 Å². The van der Waals surface area contributed by atoms with Gasteiger partial charge in [0, 0.05) is 18.0 Å². The van der Waals surface area contributed by atoms with Crippen molar-refractivity contribution < 1.29 is 19.1 Å². The summed E-state index contributed by atoms with van der Waals surface area (Å²) in [5, 5.41) is 1.94. The second-order valence-corrected chi connectivity index (χ2v) is 8.55. The van der Waals surface area contributed by atoms with Crippen LogP contribution in [0.3, 0.4) is 0 Å². The maximum atomic E-state index is 13.3. The van der Waals surface area contributed by atoms with E-state index in [1.54, 1.807) is 9.80 Å². The minimum atomic E-state index is -0.571. The predicted molar refractivity (Wildman–Crippen MR) is 106 cm³/mol. The van der Waals surface area contributed by atoms with Crippen molar-refractivity contribution in [3.8, 4) is 11.5 Å². The zero-order valence-corrected chi connectivity index (χ0v) is 16.9. The lowest BCUT2D eigenvalue weighted by Gasteiger charge is -2.40. The van der Waals surface area contributed by atoms with Gasteiger partial charge in [0.25, 0.3) is 5.91 Å². The van der Waals surface area contributed by atoms with Gasteiger partial charge < -0.3 is 19.3 Å². The molecule has 148 valence electrons. The molecule has 28 heavy (non-hydrogen) atoms. The van der Waals surface area contributed by atoms with E-state index in [0.717, 1.165) is 16.9 Å². The molecule has 4 rings (SSSR count). The number of ether oxygens (including phenoxy) is 2. The number of fused-ring (bicyclic) bond motifs is 1. The number of carbonyl (C=O) groups excluding carboxylic acids is 2. The van der Waals surface area contributed by atoms with Gasteiger partial charge in [-0.15, -0.1) is 11.3 Å². The van der Waals surface area contributed by atoms with E-state index in [-0.39, 0.29) is 25.2 Å². The first kappa shape index (κ1) is 18.8. The Morgan fingerprint density at radius 2 is 2.00 bits per heavy atom. The Morgan fingerprint density at radius 3 is 2.75 bits per heavy atom. The van der Waals surface area contributed by atoms with Crippen molar-refractivity contribution in [1.82, 2.24) is 9.80 Å². The van der Waals surface area contributed by atoms with Gasteiger partial charge in [0.1, 0.15) is 6.04 Å². The number of hydrogen-bond acceptors (Lipinski definition) is 5. The molecule has 1 aromatic heterocycles. The third kappa shape index (κ3) is 3.71. The molecule has 2 aromatic rings. The molecule has 1 aromatic carbocycles. The smallest absolute Gasteiger partial charge is 0.251 e. The van der Waals surface area contributed by atoms with E-state index in [4.69, 9.17) is 9.47 Å². The quantitative estimate of drug-likeness (QED) is 0.745. The Morgan fingerprint density at radius 1 is 1.18 bits per heavy atom. The average Bonchev–Trinajstić information content (AvgIpc) is 3.34. The van der Waals surface area contributed by atoms with Gasteiger partial charge in [0.2, 0.25) is 12.7 Å². The van der Waals surface area contributed by atoms with Crippen molar-refractivity contribution in [1.29, 1.82) is 0 Å². The molecule has 0 unspecified atom stereocenters. The maximum Gasteiger partial charge on any atom is 0.251 e. The fraction of sp³-hybridized carbons (Fsp3) is 0.429. The minimum Gasteiger partial charge on any atom is -0.454 e. The van der Waals surface area contributed by atoms with Crippen LogP contribution in [0.5, 0.6) is 11.5 Å². The predicted octanol–water partition coefficient (Wildman–Crippen LogP) is 3.44. The van der Waals surface area contributed by atoms with Crippen LogP contribution in [0, 0.1) is 5.92 Å². The van der Waals surface area contributed by atoms with Crippen LogP contribution >= 0.6 is 11.3 Å².